The summed E-state index contributed by atoms with van der Waals surface area (Å²) in [6, 6.07) is 8.52. The van der Waals surface area contributed by atoms with Gasteiger partial charge in [0.2, 0.25) is 17.7 Å². The number of rotatable bonds is 6. The third-order valence-electron chi connectivity index (χ3n) is 6.35. The molecular formula is C23H26F2N6O3. The van der Waals surface area contributed by atoms with Crippen LogP contribution in [0.15, 0.2) is 30.3 Å². The summed E-state index contributed by atoms with van der Waals surface area (Å²) in [6.45, 7) is 2.21. The molecule has 180 valence electrons. The van der Waals surface area contributed by atoms with E-state index in [9.17, 15) is 13.6 Å². The number of imidazole rings is 1. The molecule has 1 aliphatic heterocycles. The summed E-state index contributed by atoms with van der Waals surface area (Å²) in [6.07, 6.45) is -0.314. The Hall–Kier alpha value is -3.34. The quantitative estimate of drug-likeness (QED) is 0.587. The van der Waals surface area contributed by atoms with Crippen molar-refractivity contribution in [3.63, 3.8) is 0 Å². The van der Waals surface area contributed by atoms with Crippen molar-refractivity contribution in [3.05, 3.63) is 36.2 Å². The van der Waals surface area contributed by atoms with E-state index in [1.165, 1.54) is 4.57 Å². The molecule has 3 aromatic rings. The summed E-state index contributed by atoms with van der Waals surface area (Å²) in [7, 11) is 0. The van der Waals surface area contributed by atoms with Crippen molar-refractivity contribution < 1.29 is 23.0 Å². The zero-order chi connectivity index (χ0) is 23.7. The molecule has 5 rings (SSSR count). The van der Waals surface area contributed by atoms with Gasteiger partial charge in [0, 0.05) is 25.1 Å². The van der Waals surface area contributed by atoms with Crippen LogP contribution in [0.3, 0.4) is 0 Å². The van der Waals surface area contributed by atoms with Gasteiger partial charge in [-0.2, -0.15) is 9.97 Å². The van der Waals surface area contributed by atoms with E-state index in [1.807, 2.05) is 4.90 Å². The number of amides is 1. The van der Waals surface area contributed by atoms with Crippen molar-refractivity contribution >= 4 is 22.9 Å². The summed E-state index contributed by atoms with van der Waals surface area (Å²) >= 11 is 0. The highest BCUT2D eigenvalue weighted by Crippen LogP contribution is 2.31. The Kier molecular flexibility index (Phi) is 6.27. The van der Waals surface area contributed by atoms with Gasteiger partial charge in [0.25, 0.3) is 6.43 Å². The fourth-order valence-corrected chi connectivity index (χ4v) is 4.55. The number of hydrogen-bond acceptors (Lipinski definition) is 7. The standard InChI is InChI=1S/C23H26F2N6O3/c24-20(25)22-27-16-3-1-2-4-17(16)31(22)18-13-19(29-23(28-18)30-9-11-33-12-10-30)34-15-7-5-14(6-8-15)21(26)32/h1-4,13-15,20H,5-12H2,(H2,26,32). The molecule has 34 heavy (non-hydrogen) atoms. The minimum atomic E-state index is -2.79. The molecule has 0 spiro atoms. The number of morpholine rings is 1. The zero-order valence-electron chi connectivity index (χ0n) is 18.6. The van der Waals surface area contributed by atoms with E-state index in [4.69, 9.17) is 15.2 Å². The van der Waals surface area contributed by atoms with Crippen molar-refractivity contribution in [1.82, 2.24) is 19.5 Å². The Bertz CT molecular complexity index is 1170. The topological polar surface area (TPSA) is 108 Å². The van der Waals surface area contributed by atoms with Crippen molar-refractivity contribution in [1.29, 1.82) is 0 Å². The van der Waals surface area contributed by atoms with Gasteiger partial charge in [0.15, 0.2) is 5.82 Å². The number of fused-ring (bicyclic) bond motifs is 1. The van der Waals surface area contributed by atoms with Gasteiger partial charge in [-0.15, -0.1) is 0 Å². The highest BCUT2D eigenvalue weighted by Gasteiger charge is 2.28. The third kappa shape index (κ3) is 4.52. The van der Waals surface area contributed by atoms with E-state index >= 15 is 0 Å². The van der Waals surface area contributed by atoms with Crippen molar-refractivity contribution in [2.24, 2.45) is 11.7 Å². The predicted molar refractivity (Wildman–Crippen MR) is 120 cm³/mol. The van der Waals surface area contributed by atoms with Crippen molar-refractivity contribution in [3.8, 4) is 11.7 Å². The molecule has 1 aliphatic carbocycles. The minimum absolute atomic E-state index is 0.143. The maximum Gasteiger partial charge on any atom is 0.296 e. The normalized spacial score (nSPS) is 21.2. The molecule has 0 bridgehead atoms. The average Bonchev–Trinajstić information content (AvgIpc) is 3.25. The van der Waals surface area contributed by atoms with Crippen LogP contribution in [0.25, 0.3) is 16.9 Å². The van der Waals surface area contributed by atoms with E-state index in [0.717, 1.165) is 0 Å². The Labute approximate surface area is 194 Å². The number of primary amides is 1. The van der Waals surface area contributed by atoms with Crippen LogP contribution in [-0.2, 0) is 9.53 Å². The maximum atomic E-state index is 14.0. The number of alkyl halides is 2. The fraction of sp³-hybridized carbons (Fsp3) is 0.478. The van der Waals surface area contributed by atoms with Gasteiger partial charge in [0.1, 0.15) is 11.9 Å². The van der Waals surface area contributed by atoms with Crippen LogP contribution in [-0.4, -0.2) is 57.8 Å². The van der Waals surface area contributed by atoms with Crippen LogP contribution in [0.4, 0.5) is 14.7 Å². The second kappa shape index (κ2) is 9.49. The number of halogens is 2. The molecule has 2 fully saturated rings. The number of ether oxygens (including phenoxy) is 2. The molecule has 1 saturated heterocycles. The molecule has 0 atom stereocenters. The molecule has 1 aromatic carbocycles. The second-order valence-electron chi connectivity index (χ2n) is 8.55. The minimum Gasteiger partial charge on any atom is -0.474 e. The molecule has 0 unspecified atom stereocenters. The predicted octanol–water partition coefficient (Wildman–Crippen LogP) is 3.01. The summed E-state index contributed by atoms with van der Waals surface area (Å²) < 4.78 is 40.9. The molecular weight excluding hydrogens is 446 g/mol. The lowest BCUT2D eigenvalue weighted by Gasteiger charge is -2.29. The molecule has 0 radical (unpaired) electrons. The number of anilines is 1. The SMILES string of the molecule is NC(=O)C1CCC(Oc2cc(-n3c(C(F)F)nc4ccccc43)nc(N3CCOCC3)n2)CC1. The number of nitrogens with zero attached hydrogens (tertiary/aromatic N) is 5. The fourth-order valence-electron chi connectivity index (χ4n) is 4.55. The third-order valence-corrected chi connectivity index (χ3v) is 6.35. The van der Waals surface area contributed by atoms with E-state index < -0.39 is 6.43 Å². The molecule has 11 heteroatoms. The Morgan fingerprint density at radius 2 is 1.82 bits per heavy atom. The number of hydrogen-bond donors (Lipinski definition) is 1. The highest BCUT2D eigenvalue weighted by molar-refractivity contribution is 5.78. The number of nitrogens with two attached hydrogens (primary N) is 1. The van der Waals surface area contributed by atoms with Crippen LogP contribution in [0, 0.1) is 5.92 Å². The first-order valence-electron chi connectivity index (χ1n) is 11.4. The van der Waals surface area contributed by atoms with Gasteiger partial charge in [-0.25, -0.2) is 13.8 Å². The Morgan fingerprint density at radius 1 is 1.09 bits per heavy atom. The summed E-state index contributed by atoms with van der Waals surface area (Å²) in [5, 5.41) is 0. The number of aromatic nitrogens is 4. The van der Waals surface area contributed by atoms with E-state index in [-0.39, 0.29) is 29.6 Å². The van der Waals surface area contributed by atoms with Gasteiger partial charge in [-0.05, 0) is 37.8 Å². The molecule has 2 N–H and O–H groups in total. The number of carbonyl (C=O) groups excluding carboxylic acids is 1. The van der Waals surface area contributed by atoms with E-state index in [2.05, 4.69) is 15.0 Å². The average molecular weight is 472 g/mol. The smallest absolute Gasteiger partial charge is 0.296 e. The summed E-state index contributed by atoms with van der Waals surface area (Å²) in [5.74, 6) is 0.133. The van der Waals surface area contributed by atoms with Gasteiger partial charge in [-0.1, -0.05) is 12.1 Å². The lowest BCUT2D eigenvalue weighted by molar-refractivity contribution is -0.123. The number of para-hydroxylation sites is 2. The lowest BCUT2D eigenvalue weighted by atomic mass is 9.87. The summed E-state index contributed by atoms with van der Waals surface area (Å²) in [5.41, 5.74) is 6.42. The van der Waals surface area contributed by atoms with Crippen LogP contribution in [0.2, 0.25) is 0 Å². The largest absolute Gasteiger partial charge is 0.474 e. The number of benzene rings is 1. The van der Waals surface area contributed by atoms with Crippen LogP contribution in [0.5, 0.6) is 5.88 Å². The van der Waals surface area contributed by atoms with Gasteiger partial charge in [0.05, 0.1) is 24.2 Å². The molecule has 2 aliphatic rings. The number of carbonyl (C=O) groups is 1. The molecule has 9 nitrogen and oxygen atoms in total. The second-order valence-corrected chi connectivity index (χ2v) is 8.55. The first-order chi connectivity index (χ1) is 16.5. The van der Waals surface area contributed by atoms with Gasteiger partial charge < -0.3 is 20.1 Å². The van der Waals surface area contributed by atoms with Crippen molar-refractivity contribution in [2.45, 2.75) is 38.2 Å². The van der Waals surface area contributed by atoms with Crippen LogP contribution >= 0.6 is 0 Å². The maximum absolute atomic E-state index is 14.0. The molecule has 2 aromatic heterocycles. The lowest BCUT2D eigenvalue weighted by Crippen LogP contribution is -2.37. The van der Waals surface area contributed by atoms with E-state index in [1.54, 1.807) is 30.3 Å². The monoisotopic (exact) mass is 472 g/mol. The molecule has 3 heterocycles. The molecule has 1 saturated carbocycles. The Balaban J connectivity index is 1.53. The van der Waals surface area contributed by atoms with E-state index in [0.29, 0.717) is 74.8 Å². The summed E-state index contributed by atoms with van der Waals surface area (Å²) in [4.78, 5) is 26.8. The van der Waals surface area contributed by atoms with Crippen molar-refractivity contribution in [2.75, 3.05) is 31.2 Å². The first-order valence-corrected chi connectivity index (χ1v) is 11.4. The van der Waals surface area contributed by atoms with Crippen LogP contribution in [0.1, 0.15) is 37.9 Å². The Morgan fingerprint density at radius 3 is 2.53 bits per heavy atom. The first kappa shape index (κ1) is 22.5. The highest BCUT2D eigenvalue weighted by atomic mass is 19.3. The van der Waals surface area contributed by atoms with Gasteiger partial charge in [-0.3, -0.25) is 9.36 Å². The zero-order valence-corrected chi connectivity index (χ0v) is 18.6. The molecule has 1 amide bonds. The van der Waals surface area contributed by atoms with Crippen LogP contribution < -0.4 is 15.4 Å². The van der Waals surface area contributed by atoms with Gasteiger partial charge >= 0.3 is 0 Å².